The van der Waals surface area contributed by atoms with Crippen LogP contribution >= 0.6 is 11.3 Å². The van der Waals surface area contributed by atoms with Gasteiger partial charge in [0.15, 0.2) is 5.82 Å². The Balaban J connectivity index is 1.15. The lowest BCUT2D eigenvalue weighted by Gasteiger charge is -2.36. The predicted octanol–water partition coefficient (Wildman–Crippen LogP) is 7.86. The SMILES string of the molecule is C=C[C@@H]1C[C@]1(NC(=O)[C@@H]1C[C@@H](Oc2nc(-c3ccc(OC(C)C)cc3)nc3c2sc2ccccc23)CN1C(=O)[C@@H](Nc1cccc(C(F)(F)F)c1)C(C)(C)C)C(=O)NS(=O)(=O)C1CC1. The van der Waals surface area contributed by atoms with E-state index in [1.165, 1.54) is 34.4 Å². The summed E-state index contributed by atoms with van der Waals surface area (Å²) in [5.74, 6) is -1.60. The third-order valence-corrected chi connectivity index (χ3v) is 14.6. The smallest absolute Gasteiger partial charge is 0.416 e. The number of fused-ring (bicyclic) bond motifs is 3. The van der Waals surface area contributed by atoms with E-state index in [4.69, 9.17) is 19.4 Å². The highest BCUT2D eigenvalue weighted by Crippen LogP contribution is 2.46. The Hall–Kier alpha value is -5.75. The van der Waals surface area contributed by atoms with E-state index in [-0.39, 0.29) is 37.1 Å². The van der Waals surface area contributed by atoms with E-state index in [2.05, 4.69) is 21.9 Å². The number of hydrogen-bond donors (Lipinski definition) is 3. The van der Waals surface area contributed by atoms with Crippen molar-refractivity contribution in [2.75, 3.05) is 11.9 Å². The minimum Gasteiger partial charge on any atom is -0.491 e. The Morgan fingerprint density at radius 2 is 1.72 bits per heavy atom. The molecule has 0 radical (unpaired) electrons. The van der Waals surface area contributed by atoms with Gasteiger partial charge in [-0.05, 0) is 87.1 Å². The van der Waals surface area contributed by atoms with Crippen molar-refractivity contribution < 1.29 is 45.4 Å². The Labute approximate surface area is 372 Å². The molecule has 3 aromatic carbocycles. The molecule has 64 heavy (non-hydrogen) atoms. The second kappa shape index (κ2) is 16.7. The first-order valence-electron chi connectivity index (χ1n) is 21.0. The molecule has 1 aliphatic heterocycles. The number of alkyl halides is 3. The number of hydrogen-bond acceptors (Lipinski definition) is 11. The molecule has 5 atom stereocenters. The molecule has 3 amide bonds. The normalized spacial score (nSPS) is 21.7. The first-order chi connectivity index (χ1) is 30.2. The van der Waals surface area contributed by atoms with Crippen molar-refractivity contribution in [1.29, 1.82) is 0 Å². The lowest BCUT2D eigenvalue weighted by molar-refractivity contribution is -0.141. The van der Waals surface area contributed by atoms with Crippen LogP contribution in [0.5, 0.6) is 11.6 Å². The molecule has 3 N–H and O–H groups in total. The standard InChI is InChI=1S/C46H49F3N6O7S2/c1-7-27-23-45(27,43(58)54-64(59,60)32-19-20-32)53-40(56)34-22-31(24-55(34)42(57)38(44(4,5)6)50-29-12-10-11-28(21-29)46(47,48)49)62-41-37-36(33-13-8-9-14-35(33)63-37)51-39(52-41)26-15-17-30(18-16-26)61-25(2)3/h7-18,21,25,27,31-32,34,38,50H,1,19-20,22-24H2,2-6H3,(H,53,56)(H,54,58)/t27-,31-,34+,38-,45-/m1/s1. The Kier molecular flexibility index (Phi) is 11.7. The van der Waals surface area contributed by atoms with E-state index in [0.717, 1.165) is 22.2 Å². The monoisotopic (exact) mass is 918 g/mol. The van der Waals surface area contributed by atoms with E-state index < -0.39 is 79.8 Å². The molecule has 5 aromatic rings. The van der Waals surface area contributed by atoms with Crippen LogP contribution in [0, 0.1) is 11.3 Å². The van der Waals surface area contributed by atoms with E-state index in [1.807, 2.05) is 62.4 Å². The van der Waals surface area contributed by atoms with Crippen LogP contribution in [0.25, 0.3) is 31.7 Å². The van der Waals surface area contributed by atoms with Gasteiger partial charge in [0.2, 0.25) is 27.7 Å². The number of anilines is 1. The Morgan fingerprint density at radius 1 is 1.00 bits per heavy atom. The molecule has 2 aliphatic carbocycles. The van der Waals surface area contributed by atoms with Gasteiger partial charge < -0.3 is 25.0 Å². The summed E-state index contributed by atoms with van der Waals surface area (Å²) in [5, 5.41) is 5.98. The second-order valence-electron chi connectivity index (χ2n) is 18.0. The van der Waals surface area contributed by atoms with Crippen molar-refractivity contribution in [3.63, 3.8) is 0 Å². The molecular weight excluding hydrogens is 870 g/mol. The van der Waals surface area contributed by atoms with Crippen LogP contribution < -0.4 is 24.8 Å². The van der Waals surface area contributed by atoms with Crippen molar-refractivity contribution in [2.24, 2.45) is 11.3 Å². The zero-order valence-electron chi connectivity index (χ0n) is 35.9. The molecule has 338 valence electrons. The summed E-state index contributed by atoms with van der Waals surface area (Å²) in [6.45, 7) is 12.7. The Morgan fingerprint density at radius 3 is 2.36 bits per heavy atom. The summed E-state index contributed by atoms with van der Waals surface area (Å²) < 4.78 is 83.4. The van der Waals surface area contributed by atoms with Gasteiger partial charge in [-0.2, -0.15) is 18.2 Å². The number of rotatable bonds is 14. The number of sulfonamides is 1. The molecular formula is C46H49F3N6O7S2. The molecule has 3 fully saturated rings. The van der Waals surface area contributed by atoms with Crippen LogP contribution in [0.15, 0.2) is 85.5 Å². The Bertz CT molecular complexity index is 2750. The molecule has 13 nitrogen and oxygen atoms in total. The average molecular weight is 919 g/mol. The maximum absolute atomic E-state index is 15.0. The molecule has 3 heterocycles. The minimum atomic E-state index is -4.64. The van der Waals surface area contributed by atoms with E-state index in [9.17, 15) is 36.0 Å². The molecule has 0 bridgehead atoms. The third-order valence-electron chi connectivity index (χ3n) is 11.7. The van der Waals surface area contributed by atoms with Gasteiger partial charge in [-0.3, -0.25) is 19.1 Å². The molecule has 8 rings (SSSR count). The van der Waals surface area contributed by atoms with Gasteiger partial charge in [0.25, 0.3) is 5.91 Å². The van der Waals surface area contributed by atoms with E-state index in [0.29, 0.717) is 40.2 Å². The third kappa shape index (κ3) is 9.12. The van der Waals surface area contributed by atoms with Crippen LogP contribution in [0.4, 0.5) is 18.9 Å². The quantitative estimate of drug-likeness (QED) is 0.0933. The van der Waals surface area contributed by atoms with Crippen LogP contribution in [0.1, 0.15) is 65.9 Å². The number of thiophene rings is 1. The zero-order chi connectivity index (χ0) is 45.9. The van der Waals surface area contributed by atoms with Gasteiger partial charge in [0, 0.05) is 33.7 Å². The average Bonchev–Trinajstić information content (AvgIpc) is 4.14. The number of carbonyl (C=O) groups excluding carboxylic acids is 3. The van der Waals surface area contributed by atoms with Gasteiger partial charge in [0.1, 0.15) is 34.2 Å². The summed E-state index contributed by atoms with van der Waals surface area (Å²) in [6.07, 6.45) is -3.24. The van der Waals surface area contributed by atoms with Crippen LogP contribution in [-0.4, -0.2) is 82.6 Å². The fourth-order valence-electron chi connectivity index (χ4n) is 8.05. The molecule has 2 saturated carbocycles. The minimum absolute atomic E-state index is 0.0340. The van der Waals surface area contributed by atoms with E-state index >= 15 is 0 Å². The van der Waals surface area contributed by atoms with Crippen molar-refractivity contribution in [2.45, 2.75) is 102 Å². The van der Waals surface area contributed by atoms with E-state index in [1.54, 1.807) is 20.8 Å². The number of halogens is 3. The molecule has 18 heteroatoms. The zero-order valence-corrected chi connectivity index (χ0v) is 37.5. The second-order valence-corrected chi connectivity index (χ2v) is 21.0. The summed E-state index contributed by atoms with van der Waals surface area (Å²) in [4.78, 5) is 54.5. The number of aromatic nitrogens is 2. The largest absolute Gasteiger partial charge is 0.491 e. The van der Waals surface area contributed by atoms with Gasteiger partial charge in [-0.15, -0.1) is 17.9 Å². The van der Waals surface area contributed by atoms with Crippen LogP contribution in [-0.2, 0) is 30.6 Å². The number of benzene rings is 3. The molecule has 1 saturated heterocycles. The van der Waals surface area contributed by atoms with Crippen LogP contribution in [0.3, 0.4) is 0 Å². The number of ether oxygens (including phenoxy) is 2. The van der Waals surface area contributed by atoms with Gasteiger partial charge in [-0.1, -0.05) is 51.1 Å². The topological polar surface area (TPSA) is 169 Å². The number of likely N-dealkylation sites (tertiary alicyclic amines) is 1. The molecule has 0 unspecified atom stereocenters. The van der Waals surface area contributed by atoms with Crippen molar-refractivity contribution in [3.8, 4) is 23.0 Å². The lowest BCUT2D eigenvalue weighted by atomic mass is 9.85. The van der Waals surface area contributed by atoms with Crippen molar-refractivity contribution >= 4 is 65.1 Å². The highest BCUT2D eigenvalue weighted by molar-refractivity contribution is 7.91. The summed E-state index contributed by atoms with van der Waals surface area (Å²) in [5.41, 5.74) is -2.10. The summed E-state index contributed by atoms with van der Waals surface area (Å²) in [7, 11) is -3.98. The summed E-state index contributed by atoms with van der Waals surface area (Å²) in [6, 6.07) is 17.1. The van der Waals surface area contributed by atoms with Gasteiger partial charge in [0.05, 0.1) is 29.0 Å². The van der Waals surface area contributed by atoms with Crippen LogP contribution in [0.2, 0.25) is 0 Å². The number of amides is 3. The molecule has 2 aromatic heterocycles. The predicted molar refractivity (Wildman–Crippen MR) is 238 cm³/mol. The molecule has 0 spiro atoms. The fraction of sp³-hybridized carbons (Fsp3) is 0.413. The first-order valence-corrected chi connectivity index (χ1v) is 23.4. The summed E-state index contributed by atoms with van der Waals surface area (Å²) >= 11 is 1.42. The highest BCUT2D eigenvalue weighted by atomic mass is 32.2. The highest BCUT2D eigenvalue weighted by Gasteiger charge is 2.62. The maximum atomic E-state index is 15.0. The maximum Gasteiger partial charge on any atom is 0.416 e. The molecule has 3 aliphatic rings. The lowest BCUT2D eigenvalue weighted by Crippen LogP contribution is -2.58. The van der Waals surface area contributed by atoms with Crippen molar-refractivity contribution in [3.05, 3.63) is 91.0 Å². The van der Waals surface area contributed by atoms with Gasteiger partial charge in [-0.25, -0.2) is 13.4 Å². The number of carbonyl (C=O) groups is 3. The first kappa shape index (κ1) is 44.8. The fourth-order valence-corrected chi connectivity index (χ4v) is 10.5. The number of nitrogens with one attached hydrogen (secondary N) is 3. The number of nitrogens with zero attached hydrogens (tertiary/aromatic N) is 3. The van der Waals surface area contributed by atoms with Crippen molar-refractivity contribution in [1.82, 2.24) is 24.9 Å². The van der Waals surface area contributed by atoms with Gasteiger partial charge >= 0.3 is 6.18 Å².